The van der Waals surface area contributed by atoms with E-state index in [0.29, 0.717) is 5.90 Å². The summed E-state index contributed by atoms with van der Waals surface area (Å²) >= 11 is 1.58. The molecule has 0 aliphatic rings. The van der Waals surface area contributed by atoms with Crippen LogP contribution in [0.1, 0.15) is 0 Å². The summed E-state index contributed by atoms with van der Waals surface area (Å²) in [6.45, 7) is 0. The Bertz CT molecular complexity index is 877. The zero-order valence-corrected chi connectivity index (χ0v) is 15.2. The Kier molecular flexibility index (Phi) is 6.51. The van der Waals surface area contributed by atoms with Crippen LogP contribution in [0.3, 0.4) is 0 Å². The highest BCUT2D eigenvalue weighted by atomic mass is 32.2. The van der Waals surface area contributed by atoms with Crippen LogP contribution in [0.5, 0.6) is 11.5 Å². The molecule has 0 saturated heterocycles. The van der Waals surface area contributed by atoms with Gasteiger partial charge in [-0.15, -0.1) is 0 Å². The lowest BCUT2D eigenvalue weighted by Gasteiger charge is -2.06. The number of rotatable bonds is 6. The first-order valence-electron chi connectivity index (χ1n) is 8.17. The van der Waals surface area contributed by atoms with E-state index in [4.69, 9.17) is 9.47 Å². The average molecular weight is 361 g/mol. The Labute approximate surface area is 158 Å². The third-order valence-electron chi connectivity index (χ3n) is 3.42. The van der Waals surface area contributed by atoms with Gasteiger partial charge in [-0.3, -0.25) is 0 Å². The van der Waals surface area contributed by atoms with Crippen molar-refractivity contribution in [2.75, 3.05) is 7.11 Å². The Hall–Kier alpha value is -2.98. The van der Waals surface area contributed by atoms with Gasteiger partial charge < -0.3 is 9.47 Å². The molecule has 0 radical (unpaired) electrons. The SMILES string of the molecule is COc1cccc(S/C=C/C(=N/c2ccccc2)Oc2ccccc2)c1. The Balaban J connectivity index is 1.77. The molecule has 3 rings (SSSR count). The van der Waals surface area contributed by atoms with Crippen LogP contribution >= 0.6 is 11.8 Å². The summed E-state index contributed by atoms with van der Waals surface area (Å²) in [6.07, 6.45) is 1.87. The van der Waals surface area contributed by atoms with E-state index in [1.54, 1.807) is 18.9 Å². The second-order valence-electron chi connectivity index (χ2n) is 5.30. The van der Waals surface area contributed by atoms with Crippen molar-refractivity contribution in [3.8, 4) is 11.5 Å². The summed E-state index contributed by atoms with van der Waals surface area (Å²) in [6, 6.07) is 27.3. The molecule has 0 bridgehead atoms. The van der Waals surface area contributed by atoms with E-state index < -0.39 is 0 Å². The second kappa shape index (κ2) is 9.49. The number of hydrogen-bond donors (Lipinski definition) is 0. The number of hydrogen-bond acceptors (Lipinski definition) is 4. The maximum absolute atomic E-state index is 5.93. The molecule has 3 nitrogen and oxygen atoms in total. The maximum atomic E-state index is 5.93. The largest absolute Gasteiger partial charge is 0.497 e. The third-order valence-corrected chi connectivity index (χ3v) is 4.22. The van der Waals surface area contributed by atoms with Crippen LogP contribution in [-0.4, -0.2) is 13.0 Å². The molecule has 0 amide bonds. The van der Waals surface area contributed by atoms with Gasteiger partial charge in [0.05, 0.1) is 12.8 Å². The molecule has 130 valence electrons. The molecule has 3 aromatic rings. The van der Waals surface area contributed by atoms with E-state index in [1.807, 2.05) is 96.4 Å². The normalized spacial score (nSPS) is 11.5. The molecule has 0 saturated carbocycles. The molecule has 0 atom stereocenters. The van der Waals surface area contributed by atoms with Crippen molar-refractivity contribution >= 4 is 23.3 Å². The van der Waals surface area contributed by atoms with Gasteiger partial charge in [-0.2, -0.15) is 0 Å². The molecule has 0 unspecified atom stereocenters. The highest BCUT2D eigenvalue weighted by Gasteiger charge is 2.00. The fourth-order valence-electron chi connectivity index (χ4n) is 2.18. The summed E-state index contributed by atoms with van der Waals surface area (Å²) in [5, 5.41) is 1.96. The molecule has 3 aromatic carbocycles. The highest BCUT2D eigenvalue weighted by Crippen LogP contribution is 2.24. The van der Waals surface area contributed by atoms with Crippen molar-refractivity contribution in [1.29, 1.82) is 0 Å². The Morgan fingerprint density at radius 3 is 2.27 bits per heavy atom. The van der Waals surface area contributed by atoms with Crippen molar-refractivity contribution in [2.45, 2.75) is 4.90 Å². The van der Waals surface area contributed by atoms with Gasteiger partial charge in [0.1, 0.15) is 11.5 Å². The number of methoxy groups -OCH3 is 1. The molecule has 26 heavy (non-hydrogen) atoms. The summed E-state index contributed by atoms with van der Waals surface area (Å²) in [5.41, 5.74) is 0.842. The summed E-state index contributed by atoms with van der Waals surface area (Å²) in [4.78, 5) is 5.67. The number of thioether (sulfide) groups is 1. The lowest BCUT2D eigenvalue weighted by molar-refractivity contribution is 0.413. The van der Waals surface area contributed by atoms with Crippen molar-refractivity contribution in [3.05, 3.63) is 96.4 Å². The van der Waals surface area contributed by atoms with Crippen LogP contribution in [0, 0.1) is 0 Å². The van der Waals surface area contributed by atoms with Crippen LogP contribution in [0.4, 0.5) is 5.69 Å². The van der Waals surface area contributed by atoms with Gasteiger partial charge in [0.2, 0.25) is 5.90 Å². The Morgan fingerprint density at radius 1 is 0.846 bits per heavy atom. The molecule has 0 aliphatic carbocycles. The zero-order chi connectivity index (χ0) is 18.0. The van der Waals surface area contributed by atoms with Gasteiger partial charge >= 0.3 is 0 Å². The molecule has 0 heterocycles. The molecule has 4 heteroatoms. The third kappa shape index (κ3) is 5.53. The molecular weight excluding hydrogens is 342 g/mol. The van der Waals surface area contributed by atoms with E-state index in [-0.39, 0.29) is 0 Å². The molecule has 0 spiro atoms. The first kappa shape index (κ1) is 17.8. The quantitative estimate of drug-likeness (QED) is 0.301. The van der Waals surface area contributed by atoms with Crippen molar-refractivity contribution in [3.63, 3.8) is 0 Å². The van der Waals surface area contributed by atoms with E-state index >= 15 is 0 Å². The lowest BCUT2D eigenvalue weighted by Crippen LogP contribution is -2.04. The smallest absolute Gasteiger partial charge is 0.220 e. The van der Waals surface area contributed by atoms with E-state index in [1.165, 1.54) is 0 Å². The minimum absolute atomic E-state index is 0.526. The second-order valence-corrected chi connectivity index (χ2v) is 6.28. The van der Waals surface area contributed by atoms with E-state index in [9.17, 15) is 0 Å². The summed E-state index contributed by atoms with van der Waals surface area (Å²) in [7, 11) is 1.66. The van der Waals surface area contributed by atoms with Gasteiger partial charge in [0, 0.05) is 11.0 Å². The molecule has 0 aromatic heterocycles. The van der Waals surface area contributed by atoms with Gasteiger partial charge in [-0.1, -0.05) is 54.2 Å². The predicted octanol–water partition coefficient (Wildman–Crippen LogP) is 6.11. The molecule has 0 fully saturated rings. The predicted molar refractivity (Wildman–Crippen MR) is 109 cm³/mol. The average Bonchev–Trinajstić information content (AvgIpc) is 2.70. The number of ether oxygens (including phenoxy) is 2. The first-order valence-corrected chi connectivity index (χ1v) is 9.05. The van der Waals surface area contributed by atoms with Gasteiger partial charge in [-0.25, -0.2) is 4.99 Å². The Morgan fingerprint density at radius 2 is 1.54 bits per heavy atom. The standard InChI is InChI=1S/C22H19NO2S/c1-24-20-13-8-14-21(17-20)26-16-15-22(23-18-9-4-2-5-10-18)25-19-11-6-3-7-12-19/h2-17H,1H3/b16-15+,23-22-. The molecule has 0 N–H and O–H groups in total. The van der Waals surface area contributed by atoms with Crippen LogP contribution in [0.25, 0.3) is 0 Å². The zero-order valence-electron chi connectivity index (χ0n) is 14.4. The number of benzene rings is 3. The van der Waals surface area contributed by atoms with Crippen LogP contribution < -0.4 is 9.47 Å². The summed E-state index contributed by atoms with van der Waals surface area (Å²) < 4.78 is 11.2. The number of aliphatic imine (C=N–C) groups is 1. The van der Waals surface area contributed by atoms with Crippen molar-refractivity contribution in [2.24, 2.45) is 4.99 Å². The number of nitrogens with zero attached hydrogens (tertiary/aromatic N) is 1. The fourth-order valence-corrected chi connectivity index (χ4v) is 2.86. The van der Waals surface area contributed by atoms with E-state index in [0.717, 1.165) is 22.1 Å². The summed E-state index contributed by atoms with van der Waals surface area (Å²) in [5.74, 6) is 2.11. The monoisotopic (exact) mass is 361 g/mol. The van der Waals surface area contributed by atoms with Crippen molar-refractivity contribution < 1.29 is 9.47 Å². The van der Waals surface area contributed by atoms with Crippen LogP contribution in [0.15, 0.2) is 106 Å². The lowest BCUT2D eigenvalue weighted by atomic mass is 10.3. The van der Waals surface area contributed by atoms with Crippen molar-refractivity contribution in [1.82, 2.24) is 0 Å². The van der Waals surface area contributed by atoms with Gasteiger partial charge in [0.15, 0.2) is 0 Å². The maximum Gasteiger partial charge on any atom is 0.220 e. The number of para-hydroxylation sites is 2. The van der Waals surface area contributed by atoms with Crippen LogP contribution in [0.2, 0.25) is 0 Å². The molecule has 0 aliphatic heterocycles. The minimum atomic E-state index is 0.526. The van der Waals surface area contributed by atoms with E-state index in [2.05, 4.69) is 4.99 Å². The topological polar surface area (TPSA) is 30.8 Å². The minimum Gasteiger partial charge on any atom is -0.497 e. The van der Waals surface area contributed by atoms with Gasteiger partial charge in [0.25, 0.3) is 0 Å². The first-order chi connectivity index (χ1) is 12.8. The van der Waals surface area contributed by atoms with Gasteiger partial charge in [-0.05, 0) is 47.9 Å². The fraction of sp³-hybridized carbons (Fsp3) is 0.0455. The highest BCUT2D eigenvalue weighted by molar-refractivity contribution is 8.02. The van der Waals surface area contributed by atoms with Crippen LogP contribution in [-0.2, 0) is 0 Å². The molecular formula is C22H19NO2S.